The van der Waals surface area contributed by atoms with Gasteiger partial charge in [0.05, 0.1) is 16.8 Å². The number of nitrogens with one attached hydrogen (secondary N) is 2. The van der Waals surface area contributed by atoms with Gasteiger partial charge in [-0.25, -0.2) is 13.4 Å². The summed E-state index contributed by atoms with van der Waals surface area (Å²) in [5, 5.41) is 3.24. The quantitative estimate of drug-likeness (QED) is 0.694. The first kappa shape index (κ1) is 17.9. The molecule has 3 aromatic rings. The van der Waals surface area contributed by atoms with E-state index in [2.05, 4.69) is 15.0 Å². The standard InChI is InChI=1S/C20H21N3O2S/c1-14-5-4-6-17(11-14)22-18-8-10-20(21-13-18)23-26(24,25)19-9-7-15(2)16(3)12-19/h4-13,22H,1-3H3,(H,21,23). The molecule has 0 aliphatic carbocycles. The molecule has 26 heavy (non-hydrogen) atoms. The van der Waals surface area contributed by atoms with Crippen LogP contribution in [0.1, 0.15) is 16.7 Å². The van der Waals surface area contributed by atoms with E-state index in [0.29, 0.717) is 0 Å². The van der Waals surface area contributed by atoms with Crippen LogP contribution in [-0.2, 0) is 10.0 Å². The number of nitrogens with zero attached hydrogens (tertiary/aromatic N) is 1. The van der Waals surface area contributed by atoms with Gasteiger partial charge in [0.15, 0.2) is 0 Å². The van der Waals surface area contributed by atoms with E-state index in [1.807, 2.05) is 45.0 Å². The molecule has 134 valence electrons. The highest BCUT2D eigenvalue weighted by Crippen LogP contribution is 2.20. The summed E-state index contributed by atoms with van der Waals surface area (Å²) < 4.78 is 27.5. The summed E-state index contributed by atoms with van der Waals surface area (Å²) in [5.41, 5.74) is 4.87. The van der Waals surface area contributed by atoms with Crippen molar-refractivity contribution in [2.24, 2.45) is 0 Å². The number of benzene rings is 2. The van der Waals surface area contributed by atoms with E-state index in [4.69, 9.17) is 0 Å². The average molecular weight is 367 g/mol. The van der Waals surface area contributed by atoms with E-state index in [1.54, 1.807) is 36.5 Å². The van der Waals surface area contributed by atoms with Crippen molar-refractivity contribution in [3.05, 3.63) is 77.5 Å². The Morgan fingerprint density at radius 2 is 1.65 bits per heavy atom. The van der Waals surface area contributed by atoms with Gasteiger partial charge in [0.2, 0.25) is 0 Å². The van der Waals surface area contributed by atoms with Crippen molar-refractivity contribution in [1.82, 2.24) is 4.98 Å². The zero-order chi connectivity index (χ0) is 18.7. The van der Waals surface area contributed by atoms with Crippen LogP contribution in [0.25, 0.3) is 0 Å². The fourth-order valence-corrected chi connectivity index (χ4v) is 3.59. The summed E-state index contributed by atoms with van der Waals surface area (Å²) in [5.74, 6) is 0.276. The van der Waals surface area contributed by atoms with E-state index < -0.39 is 10.0 Å². The molecule has 1 aromatic heterocycles. The van der Waals surface area contributed by atoms with Crippen LogP contribution in [0.4, 0.5) is 17.2 Å². The zero-order valence-electron chi connectivity index (χ0n) is 14.9. The van der Waals surface area contributed by atoms with Crippen molar-refractivity contribution in [3.8, 4) is 0 Å². The number of anilines is 3. The second-order valence-corrected chi connectivity index (χ2v) is 7.96. The Kier molecular flexibility index (Phi) is 4.95. The summed E-state index contributed by atoms with van der Waals surface area (Å²) in [4.78, 5) is 4.42. The van der Waals surface area contributed by atoms with Crippen molar-refractivity contribution in [2.75, 3.05) is 10.0 Å². The lowest BCUT2D eigenvalue weighted by atomic mass is 10.1. The molecule has 0 bridgehead atoms. The molecule has 0 saturated heterocycles. The molecule has 0 radical (unpaired) electrons. The van der Waals surface area contributed by atoms with Crippen LogP contribution in [-0.4, -0.2) is 13.4 Å². The topological polar surface area (TPSA) is 71.1 Å². The molecule has 0 fully saturated rings. The third kappa shape index (κ3) is 4.21. The minimum atomic E-state index is -3.66. The molecule has 1 heterocycles. The molecule has 0 aliphatic heterocycles. The van der Waals surface area contributed by atoms with Crippen LogP contribution < -0.4 is 10.0 Å². The van der Waals surface area contributed by atoms with Crippen LogP contribution >= 0.6 is 0 Å². The van der Waals surface area contributed by atoms with Gasteiger partial charge >= 0.3 is 0 Å². The summed E-state index contributed by atoms with van der Waals surface area (Å²) in [7, 11) is -3.66. The monoisotopic (exact) mass is 367 g/mol. The van der Waals surface area contributed by atoms with Gasteiger partial charge in [0.1, 0.15) is 5.82 Å². The number of aromatic nitrogens is 1. The molecule has 0 spiro atoms. The molecule has 0 atom stereocenters. The highest BCUT2D eigenvalue weighted by Gasteiger charge is 2.15. The fourth-order valence-electron chi connectivity index (χ4n) is 2.50. The van der Waals surface area contributed by atoms with Gasteiger partial charge in [-0.15, -0.1) is 0 Å². The molecule has 6 heteroatoms. The molecule has 0 aliphatic rings. The number of sulfonamides is 1. The summed E-state index contributed by atoms with van der Waals surface area (Å²) in [6, 6.07) is 16.4. The maximum atomic E-state index is 12.5. The largest absolute Gasteiger partial charge is 0.354 e. The van der Waals surface area contributed by atoms with Gasteiger partial charge in [-0.1, -0.05) is 18.2 Å². The molecule has 0 unspecified atom stereocenters. The first-order chi connectivity index (χ1) is 12.3. The highest BCUT2D eigenvalue weighted by atomic mass is 32.2. The van der Waals surface area contributed by atoms with Gasteiger partial charge in [-0.05, 0) is 73.9 Å². The fraction of sp³-hybridized carbons (Fsp3) is 0.150. The Balaban J connectivity index is 1.75. The van der Waals surface area contributed by atoms with E-state index in [-0.39, 0.29) is 10.7 Å². The van der Waals surface area contributed by atoms with Crippen molar-refractivity contribution >= 4 is 27.2 Å². The first-order valence-electron chi connectivity index (χ1n) is 8.23. The number of hydrogen-bond acceptors (Lipinski definition) is 4. The lowest BCUT2D eigenvalue weighted by Crippen LogP contribution is -2.14. The molecular formula is C20H21N3O2S. The molecule has 0 saturated carbocycles. The summed E-state index contributed by atoms with van der Waals surface area (Å²) in [6.45, 7) is 5.85. The van der Waals surface area contributed by atoms with Crippen LogP contribution in [0.5, 0.6) is 0 Å². The Morgan fingerprint density at radius 1 is 0.846 bits per heavy atom. The van der Waals surface area contributed by atoms with Gasteiger partial charge < -0.3 is 5.32 Å². The molecule has 2 N–H and O–H groups in total. The van der Waals surface area contributed by atoms with Crippen LogP contribution in [0.15, 0.2) is 65.7 Å². The van der Waals surface area contributed by atoms with Crippen molar-refractivity contribution in [1.29, 1.82) is 0 Å². The molecular weight excluding hydrogens is 346 g/mol. The van der Waals surface area contributed by atoms with Gasteiger partial charge in [-0.3, -0.25) is 4.72 Å². The normalized spacial score (nSPS) is 11.2. The first-order valence-corrected chi connectivity index (χ1v) is 9.72. The Hall–Kier alpha value is -2.86. The van der Waals surface area contributed by atoms with E-state index in [1.165, 1.54) is 0 Å². The lowest BCUT2D eigenvalue weighted by molar-refractivity contribution is 0.601. The van der Waals surface area contributed by atoms with Crippen LogP contribution in [0.2, 0.25) is 0 Å². The third-order valence-corrected chi connectivity index (χ3v) is 5.45. The van der Waals surface area contributed by atoms with E-state index in [0.717, 1.165) is 28.1 Å². The molecule has 3 rings (SSSR count). The predicted molar refractivity (Wildman–Crippen MR) is 105 cm³/mol. The second-order valence-electron chi connectivity index (χ2n) is 6.28. The van der Waals surface area contributed by atoms with Gasteiger partial charge in [0, 0.05) is 5.69 Å². The Labute approximate surface area is 154 Å². The lowest BCUT2D eigenvalue weighted by Gasteiger charge is -2.10. The van der Waals surface area contributed by atoms with Crippen molar-refractivity contribution < 1.29 is 8.42 Å². The average Bonchev–Trinajstić information content (AvgIpc) is 2.59. The SMILES string of the molecule is Cc1cccc(Nc2ccc(NS(=O)(=O)c3ccc(C)c(C)c3)nc2)c1. The number of aryl methyl sites for hydroxylation is 3. The molecule has 2 aromatic carbocycles. The number of hydrogen-bond donors (Lipinski definition) is 2. The number of pyridine rings is 1. The minimum Gasteiger partial charge on any atom is -0.354 e. The maximum absolute atomic E-state index is 12.5. The summed E-state index contributed by atoms with van der Waals surface area (Å²) in [6.07, 6.45) is 1.60. The van der Waals surface area contributed by atoms with E-state index in [9.17, 15) is 8.42 Å². The van der Waals surface area contributed by atoms with Crippen LogP contribution in [0, 0.1) is 20.8 Å². The summed E-state index contributed by atoms with van der Waals surface area (Å²) >= 11 is 0. The highest BCUT2D eigenvalue weighted by molar-refractivity contribution is 7.92. The van der Waals surface area contributed by atoms with Gasteiger partial charge in [0.25, 0.3) is 10.0 Å². The van der Waals surface area contributed by atoms with Crippen molar-refractivity contribution in [2.45, 2.75) is 25.7 Å². The smallest absolute Gasteiger partial charge is 0.263 e. The van der Waals surface area contributed by atoms with E-state index >= 15 is 0 Å². The molecule has 5 nitrogen and oxygen atoms in total. The third-order valence-electron chi connectivity index (χ3n) is 4.10. The Bertz CT molecular complexity index is 1030. The zero-order valence-corrected chi connectivity index (χ0v) is 15.8. The van der Waals surface area contributed by atoms with Crippen LogP contribution in [0.3, 0.4) is 0 Å². The van der Waals surface area contributed by atoms with Crippen molar-refractivity contribution in [3.63, 3.8) is 0 Å². The predicted octanol–water partition coefficient (Wildman–Crippen LogP) is 4.55. The number of rotatable bonds is 5. The second kappa shape index (κ2) is 7.17. The molecule has 0 amide bonds. The maximum Gasteiger partial charge on any atom is 0.263 e. The van der Waals surface area contributed by atoms with Gasteiger partial charge in [-0.2, -0.15) is 0 Å². The Morgan fingerprint density at radius 3 is 2.31 bits per heavy atom. The minimum absolute atomic E-state index is 0.226.